The van der Waals surface area contributed by atoms with E-state index in [1.165, 1.54) is 0 Å². The summed E-state index contributed by atoms with van der Waals surface area (Å²) in [5.74, 6) is 0.0440. The average Bonchev–Trinajstić information content (AvgIpc) is 2.36. The highest BCUT2D eigenvalue weighted by atomic mass is 35.5. The number of nitrogens with zero attached hydrogens (tertiary/aromatic N) is 2. The van der Waals surface area contributed by atoms with Gasteiger partial charge in [-0.05, 0) is 12.1 Å². The molecule has 0 spiro atoms. The maximum atomic E-state index is 11.0. The molecule has 0 atom stereocenters. The Kier molecular flexibility index (Phi) is 2.10. The second-order valence-corrected chi connectivity index (χ2v) is 2.17. The van der Waals surface area contributed by atoms with Crippen LogP contribution in [-0.4, -0.2) is 23.2 Å². The maximum absolute atomic E-state index is 11.0. The maximum Gasteiger partial charge on any atom is 0.252 e. The van der Waals surface area contributed by atoms with Gasteiger partial charge in [0, 0.05) is 12.4 Å². The molecule has 1 aliphatic rings. The minimum Gasteiger partial charge on any atom is -0.285 e. The minimum absolute atomic E-state index is 0. The molecule has 0 N–H and O–H groups in total. The molecule has 0 saturated heterocycles. The van der Waals surface area contributed by atoms with Crippen LogP contribution in [0.2, 0.25) is 0 Å². The number of hydrogen-bond donors (Lipinski definition) is 0. The van der Waals surface area contributed by atoms with Gasteiger partial charge in [0.1, 0.15) is 6.54 Å². The normalized spacial score (nSPS) is 14.0. The Balaban J connectivity index is 0.000000605. The van der Waals surface area contributed by atoms with Crippen LogP contribution in [0.4, 0.5) is 0 Å². The number of aliphatic imine (C=N–C) groups is 1. The van der Waals surface area contributed by atoms with Gasteiger partial charge in [-0.15, -0.1) is 12.4 Å². The van der Waals surface area contributed by atoms with Gasteiger partial charge >= 0.3 is 0 Å². The van der Waals surface area contributed by atoms with Crippen LogP contribution >= 0.6 is 12.4 Å². The lowest BCUT2D eigenvalue weighted by molar-refractivity contribution is 0.0921. The second-order valence-electron chi connectivity index (χ2n) is 2.17. The van der Waals surface area contributed by atoms with Crippen molar-refractivity contribution in [1.82, 2.24) is 4.57 Å². The van der Waals surface area contributed by atoms with Gasteiger partial charge in [0.05, 0.1) is 5.69 Å². The Bertz CT molecular complexity index is 303. The Morgan fingerprint density at radius 1 is 1.55 bits per heavy atom. The molecule has 58 valence electrons. The molecular formula is C7H7ClN2O. The van der Waals surface area contributed by atoms with E-state index in [9.17, 15) is 4.79 Å². The second kappa shape index (κ2) is 2.88. The monoisotopic (exact) mass is 170 g/mol. The lowest BCUT2D eigenvalue weighted by atomic mass is 10.4. The predicted octanol–water partition coefficient (Wildman–Crippen LogP) is 0.983. The topological polar surface area (TPSA) is 34.4 Å². The molecule has 0 saturated carbocycles. The van der Waals surface area contributed by atoms with Crippen molar-refractivity contribution in [3.8, 4) is 0 Å². The molecule has 0 fully saturated rings. The Morgan fingerprint density at radius 2 is 2.36 bits per heavy atom. The summed E-state index contributed by atoms with van der Waals surface area (Å²) in [5, 5.41) is 0. The van der Waals surface area contributed by atoms with Crippen molar-refractivity contribution >= 4 is 24.5 Å². The first kappa shape index (κ1) is 8.01. The lowest BCUT2D eigenvalue weighted by Crippen LogP contribution is -2.19. The van der Waals surface area contributed by atoms with Crippen LogP contribution in [0, 0.1) is 0 Å². The molecule has 0 bridgehead atoms. The standard InChI is InChI=1S/C7H6N2O.ClH/c10-7-5-8-4-6-2-1-3-9(6)7;/h1-4H,5H2;1H. The summed E-state index contributed by atoms with van der Waals surface area (Å²) in [6.45, 7) is 0.279. The van der Waals surface area contributed by atoms with Gasteiger partial charge in [-0.25, -0.2) is 0 Å². The van der Waals surface area contributed by atoms with Gasteiger partial charge in [-0.2, -0.15) is 0 Å². The van der Waals surface area contributed by atoms with Crippen molar-refractivity contribution in [3.63, 3.8) is 0 Å². The predicted molar refractivity (Wildman–Crippen MR) is 44.8 cm³/mol. The van der Waals surface area contributed by atoms with E-state index in [1.54, 1.807) is 17.0 Å². The van der Waals surface area contributed by atoms with E-state index in [4.69, 9.17) is 0 Å². The highest BCUT2D eigenvalue weighted by molar-refractivity contribution is 5.93. The number of rotatable bonds is 0. The lowest BCUT2D eigenvalue weighted by Gasteiger charge is -2.05. The fourth-order valence-corrected chi connectivity index (χ4v) is 1.02. The van der Waals surface area contributed by atoms with Gasteiger partial charge in [0.15, 0.2) is 0 Å². The molecule has 0 aromatic carbocycles. The Labute approximate surface area is 70.1 Å². The van der Waals surface area contributed by atoms with Gasteiger partial charge in [-0.1, -0.05) is 0 Å². The number of fused-ring (bicyclic) bond motifs is 1. The van der Waals surface area contributed by atoms with Crippen LogP contribution in [0.25, 0.3) is 0 Å². The van der Waals surface area contributed by atoms with Crippen molar-refractivity contribution in [2.24, 2.45) is 4.99 Å². The van der Waals surface area contributed by atoms with E-state index < -0.39 is 0 Å². The van der Waals surface area contributed by atoms with E-state index in [-0.39, 0.29) is 24.9 Å². The third-order valence-electron chi connectivity index (χ3n) is 1.50. The number of aromatic nitrogens is 1. The molecule has 0 aliphatic carbocycles. The molecule has 1 aliphatic heterocycles. The zero-order valence-corrected chi connectivity index (χ0v) is 6.54. The number of hydrogen-bond acceptors (Lipinski definition) is 2. The summed E-state index contributed by atoms with van der Waals surface area (Å²) < 4.78 is 1.60. The molecule has 1 aromatic heterocycles. The summed E-state index contributed by atoms with van der Waals surface area (Å²) in [5.41, 5.74) is 0.872. The number of carbonyl (C=O) groups excluding carboxylic acids is 1. The smallest absolute Gasteiger partial charge is 0.252 e. The third kappa shape index (κ3) is 1.19. The van der Waals surface area contributed by atoms with Crippen LogP contribution < -0.4 is 0 Å². The highest BCUT2D eigenvalue weighted by Crippen LogP contribution is 2.02. The number of carbonyl (C=O) groups is 1. The van der Waals surface area contributed by atoms with Crippen LogP contribution in [0.1, 0.15) is 10.5 Å². The Morgan fingerprint density at radius 3 is 3.09 bits per heavy atom. The van der Waals surface area contributed by atoms with Crippen molar-refractivity contribution in [1.29, 1.82) is 0 Å². The summed E-state index contributed by atoms with van der Waals surface area (Å²) >= 11 is 0. The van der Waals surface area contributed by atoms with E-state index in [0.717, 1.165) is 5.69 Å². The summed E-state index contributed by atoms with van der Waals surface area (Å²) in [6.07, 6.45) is 3.46. The number of halogens is 1. The fourth-order valence-electron chi connectivity index (χ4n) is 1.02. The molecule has 0 unspecified atom stereocenters. The van der Waals surface area contributed by atoms with E-state index >= 15 is 0 Å². The molecule has 2 rings (SSSR count). The molecule has 1 aromatic rings. The van der Waals surface area contributed by atoms with Crippen molar-refractivity contribution in [2.75, 3.05) is 6.54 Å². The van der Waals surface area contributed by atoms with Gasteiger partial charge in [0.25, 0.3) is 5.91 Å². The summed E-state index contributed by atoms with van der Waals surface area (Å²) in [7, 11) is 0. The van der Waals surface area contributed by atoms with Crippen LogP contribution in [0.3, 0.4) is 0 Å². The third-order valence-corrected chi connectivity index (χ3v) is 1.50. The molecule has 4 heteroatoms. The minimum atomic E-state index is 0. The average molecular weight is 171 g/mol. The first-order valence-electron chi connectivity index (χ1n) is 3.08. The molecular weight excluding hydrogens is 164 g/mol. The molecule has 2 heterocycles. The first-order chi connectivity index (χ1) is 4.88. The van der Waals surface area contributed by atoms with E-state index in [0.29, 0.717) is 0 Å². The quantitative estimate of drug-likeness (QED) is 0.572. The van der Waals surface area contributed by atoms with E-state index in [2.05, 4.69) is 4.99 Å². The SMILES string of the molecule is Cl.O=C1CN=Cc2cccn21. The van der Waals surface area contributed by atoms with Crippen LogP contribution in [-0.2, 0) is 0 Å². The molecule has 11 heavy (non-hydrogen) atoms. The van der Waals surface area contributed by atoms with Crippen molar-refractivity contribution in [3.05, 3.63) is 24.0 Å². The Hall–Kier alpha value is -1.09. The first-order valence-corrected chi connectivity index (χ1v) is 3.08. The van der Waals surface area contributed by atoms with Crippen molar-refractivity contribution in [2.45, 2.75) is 0 Å². The van der Waals surface area contributed by atoms with Crippen LogP contribution in [0.15, 0.2) is 23.3 Å². The highest BCUT2D eigenvalue weighted by Gasteiger charge is 2.09. The summed E-state index contributed by atoms with van der Waals surface area (Å²) in [6, 6.07) is 3.70. The zero-order valence-electron chi connectivity index (χ0n) is 5.73. The summed E-state index contributed by atoms with van der Waals surface area (Å²) in [4.78, 5) is 14.9. The molecule has 0 radical (unpaired) electrons. The van der Waals surface area contributed by atoms with Crippen molar-refractivity contribution < 1.29 is 4.79 Å². The van der Waals surface area contributed by atoms with E-state index in [1.807, 2.05) is 12.1 Å². The molecule has 3 nitrogen and oxygen atoms in total. The zero-order chi connectivity index (χ0) is 6.97. The van der Waals surface area contributed by atoms with Gasteiger partial charge in [-0.3, -0.25) is 14.4 Å². The van der Waals surface area contributed by atoms with Crippen LogP contribution in [0.5, 0.6) is 0 Å². The fraction of sp³-hybridized carbons (Fsp3) is 0.143. The largest absolute Gasteiger partial charge is 0.285 e. The molecule has 0 amide bonds. The van der Waals surface area contributed by atoms with Gasteiger partial charge < -0.3 is 0 Å². The van der Waals surface area contributed by atoms with Gasteiger partial charge in [0.2, 0.25) is 0 Å².